The fourth-order valence-corrected chi connectivity index (χ4v) is 1.99. The second kappa shape index (κ2) is 4.61. The molecule has 6 nitrogen and oxygen atoms in total. The third-order valence-electron chi connectivity index (χ3n) is 2.25. The van der Waals surface area contributed by atoms with Gasteiger partial charge < -0.3 is 4.90 Å². The third-order valence-corrected chi connectivity index (χ3v) is 3.94. The maximum atomic E-state index is 11.2. The number of amides is 3. The van der Waals surface area contributed by atoms with Crippen LogP contribution in [0.15, 0.2) is 0 Å². The molecule has 0 spiro atoms. The Kier molecular flexibility index (Phi) is 3.67. The molecular weight excluding hydrogens is 220 g/mol. The number of sulfone groups is 1. The zero-order valence-electron chi connectivity index (χ0n) is 8.52. The van der Waals surface area contributed by atoms with E-state index in [0.29, 0.717) is 6.54 Å². The first-order valence-corrected chi connectivity index (χ1v) is 6.56. The lowest BCUT2D eigenvalue weighted by Gasteiger charge is -2.26. The molecule has 1 N–H and O–H groups in total. The van der Waals surface area contributed by atoms with Crippen molar-refractivity contribution < 1.29 is 18.0 Å². The Labute approximate surface area is 88.5 Å². The average Bonchev–Trinajstić information content (AvgIpc) is 2.16. The van der Waals surface area contributed by atoms with Crippen LogP contribution in [0.1, 0.15) is 13.3 Å². The number of imide groups is 1. The maximum absolute atomic E-state index is 11.2. The van der Waals surface area contributed by atoms with Crippen LogP contribution in [0.3, 0.4) is 0 Å². The average molecular weight is 234 g/mol. The van der Waals surface area contributed by atoms with Gasteiger partial charge in [-0.25, -0.2) is 13.2 Å². The van der Waals surface area contributed by atoms with E-state index in [4.69, 9.17) is 0 Å². The molecule has 1 fully saturated rings. The van der Waals surface area contributed by atoms with Gasteiger partial charge in [0, 0.05) is 25.3 Å². The first-order valence-electron chi connectivity index (χ1n) is 4.74. The van der Waals surface area contributed by atoms with Gasteiger partial charge in [0.2, 0.25) is 5.91 Å². The van der Waals surface area contributed by atoms with Crippen molar-refractivity contribution in [2.75, 3.05) is 24.6 Å². The first kappa shape index (κ1) is 12.0. The molecule has 1 rings (SSSR count). The van der Waals surface area contributed by atoms with Crippen molar-refractivity contribution in [1.82, 2.24) is 10.2 Å². The Morgan fingerprint density at radius 3 is 2.60 bits per heavy atom. The number of carbonyl (C=O) groups is 2. The van der Waals surface area contributed by atoms with Gasteiger partial charge in [-0.3, -0.25) is 10.1 Å². The largest absolute Gasteiger partial charge is 0.324 e. The van der Waals surface area contributed by atoms with Gasteiger partial charge in [-0.2, -0.15) is 0 Å². The summed E-state index contributed by atoms with van der Waals surface area (Å²) < 4.78 is 22.4. The Hall–Kier alpha value is -1.11. The molecule has 0 radical (unpaired) electrons. The predicted octanol–water partition coefficient (Wildman–Crippen LogP) is -0.637. The van der Waals surface area contributed by atoms with Crippen molar-refractivity contribution in [2.45, 2.75) is 13.3 Å². The van der Waals surface area contributed by atoms with E-state index in [1.54, 1.807) is 6.92 Å². The SMILES string of the molecule is CCS(=O)(=O)CCN1CCC(=O)NC1=O. The quantitative estimate of drug-likeness (QED) is 0.701. The Morgan fingerprint density at radius 2 is 2.07 bits per heavy atom. The van der Waals surface area contributed by atoms with Gasteiger partial charge in [0.15, 0.2) is 9.84 Å². The van der Waals surface area contributed by atoms with Gasteiger partial charge in [0.05, 0.1) is 5.75 Å². The summed E-state index contributed by atoms with van der Waals surface area (Å²) in [5.41, 5.74) is 0. The highest BCUT2D eigenvalue weighted by molar-refractivity contribution is 7.91. The molecule has 86 valence electrons. The number of rotatable bonds is 4. The molecule has 0 aromatic heterocycles. The molecule has 0 aliphatic carbocycles. The molecule has 0 aromatic carbocycles. The molecule has 7 heteroatoms. The molecule has 1 aliphatic heterocycles. The van der Waals surface area contributed by atoms with Gasteiger partial charge in [-0.15, -0.1) is 0 Å². The summed E-state index contributed by atoms with van der Waals surface area (Å²) in [7, 11) is -3.06. The highest BCUT2D eigenvalue weighted by atomic mass is 32.2. The number of carbonyl (C=O) groups excluding carboxylic acids is 2. The van der Waals surface area contributed by atoms with Crippen LogP contribution in [0.4, 0.5) is 4.79 Å². The zero-order valence-corrected chi connectivity index (χ0v) is 9.34. The molecule has 1 aliphatic rings. The van der Waals surface area contributed by atoms with Crippen LogP contribution in [-0.2, 0) is 14.6 Å². The maximum Gasteiger partial charge on any atom is 0.324 e. The molecule has 0 unspecified atom stereocenters. The standard InChI is InChI=1S/C8H14N2O4S/c1-2-15(13,14)6-5-10-4-3-7(11)9-8(10)12/h2-6H2,1H3,(H,9,11,12). The molecule has 1 saturated heterocycles. The topological polar surface area (TPSA) is 83.6 Å². The van der Waals surface area contributed by atoms with Crippen molar-refractivity contribution in [1.29, 1.82) is 0 Å². The van der Waals surface area contributed by atoms with Crippen LogP contribution >= 0.6 is 0 Å². The lowest BCUT2D eigenvalue weighted by atomic mass is 10.3. The second-order valence-electron chi connectivity index (χ2n) is 3.33. The fraction of sp³-hybridized carbons (Fsp3) is 0.750. The number of urea groups is 1. The van der Waals surface area contributed by atoms with Gasteiger partial charge >= 0.3 is 6.03 Å². The van der Waals surface area contributed by atoms with E-state index < -0.39 is 15.9 Å². The summed E-state index contributed by atoms with van der Waals surface area (Å²) >= 11 is 0. The molecule has 15 heavy (non-hydrogen) atoms. The molecule has 3 amide bonds. The van der Waals surface area contributed by atoms with E-state index in [1.807, 2.05) is 0 Å². The third kappa shape index (κ3) is 3.50. The molecule has 0 bridgehead atoms. The van der Waals surface area contributed by atoms with Crippen LogP contribution in [0.25, 0.3) is 0 Å². The van der Waals surface area contributed by atoms with Gasteiger partial charge in [-0.1, -0.05) is 6.92 Å². The Balaban J connectivity index is 2.46. The van der Waals surface area contributed by atoms with Crippen LogP contribution < -0.4 is 5.32 Å². The van der Waals surface area contributed by atoms with Crippen LogP contribution in [0, 0.1) is 0 Å². The lowest BCUT2D eigenvalue weighted by Crippen LogP contribution is -2.50. The predicted molar refractivity (Wildman–Crippen MR) is 54.1 cm³/mol. The highest BCUT2D eigenvalue weighted by Gasteiger charge is 2.23. The molecule has 1 heterocycles. The number of nitrogens with zero attached hydrogens (tertiary/aromatic N) is 1. The minimum atomic E-state index is -3.06. The van der Waals surface area contributed by atoms with E-state index in [-0.39, 0.29) is 30.4 Å². The number of hydrogen-bond donors (Lipinski definition) is 1. The zero-order chi connectivity index (χ0) is 11.5. The van der Waals surface area contributed by atoms with Crippen molar-refractivity contribution in [3.8, 4) is 0 Å². The molecular formula is C8H14N2O4S. The van der Waals surface area contributed by atoms with Crippen molar-refractivity contribution in [2.24, 2.45) is 0 Å². The molecule has 0 atom stereocenters. The highest BCUT2D eigenvalue weighted by Crippen LogP contribution is 2.01. The fourth-order valence-electron chi connectivity index (χ4n) is 1.21. The van der Waals surface area contributed by atoms with E-state index in [1.165, 1.54) is 4.90 Å². The van der Waals surface area contributed by atoms with Crippen molar-refractivity contribution in [3.63, 3.8) is 0 Å². The lowest BCUT2D eigenvalue weighted by molar-refractivity contribution is -0.121. The normalized spacial score (nSPS) is 17.8. The van der Waals surface area contributed by atoms with E-state index in [0.717, 1.165) is 0 Å². The summed E-state index contributed by atoms with van der Waals surface area (Å²) in [5, 5.41) is 2.14. The summed E-state index contributed by atoms with van der Waals surface area (Å²) in [4.78, 5) is 23.4. The molecule has 0 aromatic rings. The second-order valence-corrected chi connectivity index (χ2v) is 5.80. The van der Waals surface area contributed by atoms with Crippen molar-refractivity contribution >= 4 is 21.8 Å². The van der Waals surface area contributed by atoms with Crippen LogP contribution in [0.2, 0.25) is 0 Å². The summed E-state index contributed by atoms with van der Waals surface area (Å²) in [5.74, 6) is -0.290. The minimum absolute atomic E-state index is 0.0505. The first-order chi connectivity index (χ1) is 6.94. The van der Waals surface area contributed by atoms with Gasteiger partial charge in [0.25, 0.3) is 0 Å². The minimum Gasteiger partial charge on any atom is -0.323 e. The van der Waals surface area contributed by atoms with E-state index in [2.05, 4.69) is 5.32 Å². The smallest absolute Gasteiger partial charge is 0.323 e. The van der Waals surface area contributed by atoms with Crippen LogP contribution in [0.5, 0.6) is 0 Å². The number of hydrogen-bond acceptors (Lipinski definition) is 4. The van der Waals surface area contributed by atoms with Crippen LogP contribution in [-0.4, -0.2) is 49.9 Å². The van der Waals surface area contributed by atoms with E-state index in [9.17, 15) is 18.0 Å². The van der Waals surface area contributed by atoms with Gasteiger partial charge in [-0.05, 0) is 0 Å². The Bertz CT molecular complexity index is 363. The monoisotopic (exact) mass is 234 g/mol. The summed E-state index contributed by atoms with van der Waals surface area (Å²) in [6.07, 6.45) is 0.234. The summed E-state index contributed by atoms with van der Waals surface area (Å²) in [6.45, 7) is 2.01. The number of nitrogens with one attached hydrogen (secondary N) is 1. The summed E-state index contributed by atoms with van der Waals surface area (Å²) in [6, 6.07) is -0.502. The van der Waals surface area contributed by atoms with Crippen molar-refractivity contribution in [3.05, 3.63) is 0 Å². The van der Waals surface area contributed by atoms with Gasteiger partial charge in [0.1, 0.15) is 0 Å². The molecule has 0 saturated carbocycles. The Morgan fingerprint density at radius 1 is 1.40 bits per heavy atom. The van der Waals surface area contributed by atoms with E-state index >= 15 is 0 Å².